The van der Waals surface area contributed by atoms with Crippen molar-refractivity contribution in [1.29, 1.82) is 0 Å². The summed E-state index contributed by atoms with van der Waals surface area (Å²) >= 11 is 0. The molecule has 0 aromatic heterocycles. The Morgan fingerprint density at radius 3 is 2.30 bits per heavy atom. The Kier molecular flexibility index (Phi) is 3.45. The van der Waals surface area contributed by atoms with E-state index in [1.165, 1.54) is 32.2 Å². The molecule has 3 N–H and O–H groups in total. The van der Waals surface area contributed by atoms with E-state index in [4.69, 9.17) is 4.74 Å². The molecule has 0 amide bonds. The first-order chi connectivity index (χ1) is 12.7. The number of carbonyl (C=O) groups excluding carboxylic acids is 3. The quantitative estimate of drug-likeness (QED) is 0.598. The average molecular weight is 368 g/mol. The van der Waals surface area contributed by atoms with Crippen molar-refractivity contribution in [3.05, 3.63) is 51.6 Å². The van der Waals surface area contributed by atoms with Crippen molar-refractivity contribution in [2.75, 3.05) is 7.11 Å². The summed E-state index contributed by atoms with van der Waals surface area (Å²) in [5, 5.41) is 31.1. The summed E-state index contributed by atoms with van der Waals surface area (Å²) in [6, 6.07) is 3.79. The van der Waals surface area contributed by atoms with Crippen LogP contribution >= 0.6 is 0 Å². The number of fused-ring (bicyclic) bond motifs is 3. The first-order valence-corrected chi connectivity index (χ1v) is 8.33. The zero-order valence-corrected chi connectivity index (χ0v) is 14.6. The number of methoxy groups -OCH3 is 1. The zero-order chi connectivity index (χ0) is 19.7. The summed E-state index contributed by atoms with van der Waals surface area (Å²) in [5.74, 6) is -2.62. The first-order valence-electron chi connectivity index (χ1n) is 8.33. The highest BCUT2D eigenvalue weighted by Gasteiger charge is 2.42. The Morgan fingerprint density at radius 1 is 0.963 bits per heavy atom. The van der Waals surface area contributed by atoms with Gasteiger partial charge in [0, 0.05) is 28.3 Å². The van der Waals surface area contributed by atoms with Gasteiger partial charge in [-0.2, -0.15) is 0 Å². The summed E-state index contributed by atoms with van der Waals surface area (Å²) in [7, 11) is 1.35. The summed E-state index contributed by atoms with van der Waals surface area (Å²) in [5.41, 5.74) is -2.00. The van der Waals surface area contributed by atoms with Crippen molar-refractivity contribution in [3.63, 3.8) is 0 Å². The van der Waals surface area contributed by atoms with Gasteiger partial charge in [0.2, 0.25) is 5.78 Å². The molecule has 7 heteroatoms. The van der Waals surface area contributed by atoms with E-state index in [0.717, 1.165) is 0 Å². The van der Waals surface area contributed by atoms with Crippen LogP contribution in [-0.2, 0) is 6.42 Å². The van der Waals surface area contributed by atoms with E-state index in [1.54, 1.807) is 0 Å². The molecule has 1 unspecified atom stereocenters. The van der Waals surface area contributed by atoms with Gasteiger partial charge in [-0.25, -0.2) is 0 Å². The molecule has 0 aliphatic heterocycles. The van der Waals surface area contributed by atoms with Crippen molar-refractivity contribution in [2.45, 2.75) is 25.4 Å². The van der Waals surface area contributed by atoms with Crippen LogP contribution in [0.15, 0.2) is 18.2 Å². The van der Waals surface area contributed by atoms with Gasteiger partial charge in [0.05, 0.1) is 18.2 Å². The van der Waals surface area contributed by atoms with E-state index in [0.29, 0.717) is 0 Å². The molecule has 2 aromatic carbocycles. The fourth-order valence-corrected chi connectivity index (χ4v) is 3.75. The third-order valence-corrected chi connectivity index (χ3v) is 5.27. The molecule has 7 nitrogen and oxygen atoms in total. The Balaban J connectivity index is 2.01. The van der Waals surface area contributed by atoms with E-state index >= 15 is 0 Å². The predicted molar refractivity (Wildman–Crippen MR) is 92.9 cm³/mol. The average Bonchev–Trinajstić information content (AvgIpc) is 2.62. The van der Waals surface area contributed by atoms with Crippen molar-refractivity contribution >= 4 is 17.3 Å². The van der Waals surface area contributed by atoms with E-state index in [-0.39, 0.29) is 52.0 Å². The number of ketones is 3. The van der Waals surface area contributed by atoms with Crippen LogP contribution in [0.5, 0.6) is 17.2 Å². The Hall–Kier alpha value is -3.19. The molecule has 0 radical (unpaired) electrons. The summed E-state index contributed by atoms with van der Waals surface area (Å²) in [4.78, 5) is 38.5. The topological polar surface area (TPSA) is 121 Å². The number of aromatic hydroxyl groups is 2. The van der Waals surface area contributed by atoms with Gasteiger partial charge < -0.3 is 20.1 Å². The van der Waals surface area contributed by atoms with Gasteiger partial charge in [0.25, 0.3) is 0 Å². The number of hydrogen-bond acceptors (Lipinski definition) is 7. The molecule has 2 aliphatic rings. The minimum atomic E-state index is -1.60. The summed E-state index contributed by atoms with van der Waals surface area (Å²) < 4.78 is 5.03. The third kappa shape index (κ3) is 2.21. The lowest BCUT2D eigenvalue weighted by atomic mass is 9.75. The number of benzene rings is 2. The molecule has 0 spiro atoms. The highest BCUT2D eigenvalue weighted by atomic mass is 16.5. The standard InChI is InChI=1S/C20H16O7/c1-20(26)4-3-9-10(19(20)25)7-12-15(17(9)23)18(24)14-11(16(12)22)5-8(27-2)6-13(14)21/h5-7,21,23,26H,3-4H2,1-2H3. The van der Waals surface area contributed by atoms with Crippen molar-refractivity contribution in [3.8, 4) is 17.2 Å². The molecule has 138 valence electrons. The van der Waals surface area contributed by atoms with Gasteiger partial charge in [-0.3, -0.25) is 14.4 Å². The molecule has 1 atom stereocenters. The molecule has 2 aliphatic carbocycles. The normalized spacial score (nSPS) is 20.8. The van der Waals surface area contributed by atoms with Crippen LogP contribution in [0.4, 0.5) is 0 Å². The van der Waals surface area contributed by atoms with E-state index in [9.17, 15) is 29.7 Å². The lowest BCUT2D eigenvalue weighted by molar-refractivity contribution is 0.0339. The molecule has 4 rings (SSSR count). The molecule has 2 aromatic rings. The number of carbonyl (C=O) groups is 3. The number of Topliss-reactive ketones (excluding diaryl/α,β-unsaturated/α-hetero) is 1. The van der Waals surface area contributed by atoms with Crippen LogP contribution in [0, 0.1) is 0 Å². The van der Waals surface area contributed by atoms with E-state index < -0.39 is 34.4 Å². The molecular weight excluding hydrogens is 352 g/mol. The van der Waals surface area contributed by atoms with Crippen molar-refractivity contribution in [1.82, 2.24) is 0 Å². The second-order valence-corrected chi connectivity index (χ2v) is 7.00. The third-order valence-electron chi connectivity index (χ3n) is 5.27. The van der Waals surface area contributed by atoms with E-state index in [1.807, 2.05) is 0 Å². The van der Waals surface area contributed by atoms with Gasteiger partial charge in [-0.05, 0) is 31.9 Å². The minimum Gasteiger partial charge on any atom is -0.507 e. The highest BCUT2D eigenvalue weighted by molar-refractivity contribution is 6.31. The van der Waals surface area contributed by atoms with Gasteiger partial charge in [-0.1, -0.05) is 0 Å². The number of hydrogen-bond donors (Lipinski definition) is 3. The lowest BCUT2D eigenvalue weighted by Gasteiger charge is -2.30. The van der Waals surface area contributed by atoms with Crippen molar-refractivity contribution in [2.24, 2.45) is 0 Å². The smallest absolute Gasteiger partial charge is 0.201 e. The van der Waals surface area contributed by atoms with Crippen molar-refractivity contribution < 1.29 is 34.4 Å². The molecule has 0 saturated heterocycles. The monoisotopic (exact) mass is 368 g/mol. The number of aliphatic hydroxyl groups is 1. The van der Waals surface area contributed by atoms with Gasteiger partial charge >= 0.3 is 0 Å². The first kappa shape index (κ1) is 17.2. The van der Waals surface area contributed by atoms with Crippen LogP contribution in [0.25, 0.3) is 0 Å². The number of phenolic OH excluding ortho intramolecular Hbond substituents is 2. The molecular formula is C20H16O7. The predicted octanol–water partition coefficient (Wildman–Crippen LogP) is 1.76. The second-order valence-electron chi connectivity index (χ2n) is 7.00. The number of ether oxygens (including phenoxy) is 1. The molecule has 0 saturated carbocycles. The van der Waals surface area contributed by atoms with E-state index in [2.05, 4.69) is 0 Å². The lowest BCUT2D eigenvalue weighted by Crippen LogP contribution is -2.40. The summed E-state index contributed by atoms with van der Waals surface area (Å²) in [6.07, 6.45) is 0.266. The second kappa shape index (κ2) is 5.40. The number of phenols is 2. The van der Waals surface area contributed by atoms with Crippen LogP contribution in [0.2, 0.25) is 0 Å². The van der Waals surface area contributed by atoms with Gasteiger partial charge in [0.1, 0.15) is 22.8 Å². The van der Waals surface area contributed by atoms with Gasteiger partial charge in [0.15, 0.2) is 11.6 Å². The molecule has 0 bridgehead atoms. The highest BCUT2D eigenvalue weighted by Crippen LogP contribution is 2.43. The fraction of sp³-hybridized carbons (Fsp3) is 0.250. The van der Waals surface area contributed by atoms with Crippen LogP contribution in [0.1, 0.15) is 61.1 Å². The number of rotatable bonds is 1. The minimum absolute atomic E-state index is 0.0271. The SMILES string of the molecule is COc1cc(O)c2c(c1)C(=O)c1cc3c(c(O)c1C2=O)CCC(C)(O)C3=O. The fourth-order valence-electron chi connectivity index (χ4n) is 3.75. The zero-order valence-electron chi connectivity index (χ0n) is 14.6. The Labute approximate surface area is 153 Å². The maximum Gasteiger partial charge on any atom is 0.201 e. The van der Waals surface area contributed by atoms with Crippen LogP contribution in [0.3, 0.4) is 0 Å². The largest absolute Gasteiger partial charge is 0.507 e. The molecule has 0 fully saturated rings. The van der Waals surface area contributed by atoms with Crippen LogP contribution < -0.4 is 4.74 Å². The van der Waals surface area contributed by atoms with Crippen LogP contribution in [-0.4, -0.2) is 45.4 Å². The maximum absolute atomic E-state index is 13.0. The molecule has 27 heavy (non-hydrogen) atoms. The Bertz CT molecular complexity index is 1060. The Morgan fingerprint density at radius 2 is 1.63 bits per heavy atom. The molecule has 0 heterocycles. The maximum atomic E-state index is 13.0. The summed E-state index contributed by atoms with van der Waals surface area (Å²) in [6.45, 7) is 1.37. The van der Waals surface area contributed by atoms with Gasteiger partial charge in [-0.15, -0.1) is 0 Å².